The molecule has 1 saturated heterocycles. The van der Waals surface area contributed by atoms with Crippen LogP contribution in [0.1, 0.15) is 46.6 Å². The molecule has 0 aliphatic carbocycles. The van der Waals surface area contributed by atoms with Gasteiger partial charge < -0.3 is 14.6 Å². The molecule has 0 aromatic heterocycles. The molecule has 2 rings (SSSR count). The third-order valence-corrected chi connectivity index (χ3v) is 4.75. The maximum atomic E-state index is 12.8. The molecule has 1 fully saturated rings. The molecule has 0 spiro atoms. The number of carbonyl (C=O) groups excluding carboxylic acids is 2. The molecule has 2 atom stereocenters. The number of carboxylic acids is 1. The van der Waals surface area contributed by atoms with Gasteiger partial charge in [-0.05, 0) is 26.3 Å². The molecule has 11 heteroatoms. The summed E-state index contributed by atoms with van der Waals surface area (Å²) in [7, 11) is 0. The Morgan fingerprint density at radius 2 is 1.70 bits per heavy atom. The minimum Gasteiger partial charge on any atom is -0.480 e. The van der Waals surface area contributed by atoms with Crippen LogP contribution < -0.4 is 0 Å². The molecule has 33 heavy (non-hydrogen) atoms. The van der Waals surface area contributed by atoms with E-state index in [2.05, 4.69) is 0 Å². The van der Waals surface area contributed by atoms with E-state index in [0.717, 1.165) is 10.5 Å². The monoisotopic (exact) mass is 524 g/mol. The van der Waals surface area contributed by atoms with Gasteiger partial charge in [-0.25, -0.2) is 14.4 Å². The van der Waals surface area contributed by atoms with Crippen molar-refractivity contribution in [1.82, 2.24) is 9.80 Å². The van der Waals surface area contributed by atoms with E-state index >= 15 is 0 Å². The number of halogens is 3. The first-order chi connectivity index (χ1) is 15.3. The van der Waals surface area contributed by atoms with Crippen LogP contribution in [-0.4, -0.2) is 67.7 Å². The highest BCUT2D eigenvalue weighted by Gasteiger charge is 2.45. The number of amides is 2. The summed E-state index contributed by atoms with van der Waals surface area (Å²) in [5.74, 6) is -1.19. The zero-order valence-electron chi connectivity index (χ0n) is 19.4. The van der Waals surface area contributed by atoms with Crippen molar-refractivity contribution >= 4 is 53.0 Å². The fourth-order valence-electron chi connectivity index (χ4n) is 3.15. The molecule has 1 aromatic carbocycles. The van der Waals surface area contributed by atoms with Gasteiger partial charge >= 0.3 is 18.2 Å². The topological polar surface area (TPSA) is 96.4 Å². The van der Waals surface area contributed by atoms with Gasteiger partial charge in [0.1, 0.15) is 18.2 Å². The van der Waals surface area contributed by atoms with Gasteiger partial charge in [-0.15, -0.1) is 0 Å². The van der Waals surface area contributed by atoms with E-state index in [-0.39, 0.29) is 19.5 Å². The lowest BCUT2D eigenvalue weighted by molar-refractivity contribution is -0.142. The van der Waals surface area contributed by atoms with E-state index in [1.54, 1.807) is 20.8 Å². The number of hydrogen-bond donors (Lipinski definition) is 1. The first-order valence-corrected chi connectivity index (χ1v) is 11.7. The summed E-state index contributed by atoms with van der Waals surface area (Å²) in [5, 5.41) is 9.63. The van der Waals surface area contributed by atoms with Gasteiger partial charge in [0.25, 0.3) is 0 Å². The lowest BCUT2D eigenvalue weighted by atomic mass is 10.1. The highest BCUT2D eigenvalue weighted by Crippen LogP contribution is 2.29. The zero-order chi connectivity index (χ0) is 25.4. The van der Waals surface area contributed by atoms with Crippen LogP contribution in [-0.2, 0) is 20.8 Å². The van der Waals surface area contributed by atoms with Crippen molar-refractivity contribution < 1.29 is 29.0 Å². The fraction of sp³-hybridized carbons (Fsp3) is 0.591. The van der Waals surface area contributed by atoms with E-state index in [0.29, 0.717) is 0 Å². The molecule has 0 bridgehead atoms. The van der Waals surface area contributed by atoms with Crippen molar-refractivity contribution in [2.75, 3.05) is 13.2 Å². The Morgan fingerprint density at radius 3 is 2.18 bits per heavy atom. The second-order valence-electron chi connectivity index (χ2n) is 8.16. The smallest absolute Gasteiger partial charge is 0.411 e. The summed E-state index contributed by atoms with van der Waals surface area (Å²) in [4.78, 5) is 39.6. The molecule has 1 heterocycles. The summed E-state index contributed by atoms with van der Waals surface area (Å²) < 4.78 is 8.68. The molecule has 1 aromatic rings. The number of carboxylic acid groups (broad SMARTS) is 1. The summed E-state index contributed by atoms with van der Waals surface area (Å²) in [6.07, 6.45) is -1.54. The van der Waals surface area contributed by atoms with Gasteiger partial charge in [0.15, 0.2) is 0 Å². The van der Waals surface area contributed by atoms with Crippen LogP contribution in [0.15, 0.2) is 30.3 Å². The SMILES string of the molecule is CC.CC(C)(C)OC(=O)N1C[C@@H](N(Cc2ccccc2)C(=O)OCC(Cl)(Cl)Cl)C[C@H]1C(=O)O. The fourth-order valence-corrected chi connectivity index (χ4v) is 3.31. The average molecular weight is 526 g/mol. The molecule has 0 unspecified atom stereocenters. The van der Waals surface area contributed by atoms with E-state index < -0.39 is 46.2 Å². The van der Waals surface area contributed by atoms with Crippen molar-refractivity contribution in [1.29, 1.82) is 0 Å². The standard InChI is InChI=1S/C20H25Cl3N2O6.C2H6/c1-19(2,3)31-18(29)25-11-14(9-15(25)16(26)27)24(10-13-7-5-4-6-8-13)17(28)30-12-20(21,22)23;1-2/h4-8,14-15H,9-12H2,1-3H3,(H,26,27);1-2H3/t14-,15-;/m0./s1. The molecular formula is C22H31Cl3N2O6. The quantitative estimate of drug-likeness (QED) is 0.511. The minimum atomic E-state index is -1.80. The number of ether oxygens (including phenoxy) is 2. The molecule has 1 aliphatic rings. The average Bonchev–Trinajstić information content (AvgIpc) is 3.16. The maximum absolute atomic E-state index is 12.8. The first-order valence-electron chi connectivity index (χ1n) is 10.5. The Balaban J connectivity index is 0.00000265. The van der Waals surface area contributed by atoms with Crippen molar-refractivity contribution in [3.05, 3.63) is 35.9 Å². The summed E-state index contributed by atoms with van der Waals surface area (Å²) in [6.45, 7) is 8.66. The van der Waals surface area contributed by atoms with Crippen LogP contribution in [0.25, 0.3) is 0 Å². The van der Waals surface area contributed by atoms with Gasteiger partial charge in [0.2, 0.25) is 3.79 Å². The third kappa shape index (κ3) is 9.86. The van der Waals surface area contributed by atoms with Crippen LogP contribution in [0.4, 0.5) is 9.59 Å². The highest BCUT2D eigenvalue weighted by molar-refractivity contribution is 6.67. The molecule has 186 valence electrons. The Hall–Kier alpha value is -1.90. The second kappa shape index (κ2) is 12.5. The van der Waals surface area contributed by atoms with Gasteiger partial charge in [-0.3, -0.25) is 9.80 Å². The maximum Gasteiger partial charge on any atom is 0.411 e. The number of hydrogen-bond acceptors (Lipinski definition) is 5. The molecule has 8 nitrogen and oxygen atoms in total. The Labute approximate surface area is 209 Å². The lowest BCUT2D eigenvalue weighted by Crippen LogP contribution is -2.45. The van der Waals surface area contributed by atoms with Crippen LogP contribution in [0.3, 0.4) is 0 Å². The van der Waals surface area contributed by atoms with Gasteiger partial charge in [-0.2, -0.15) is 0 Å². The van der Waals surface area contributed by atoms with Crippen LogP contribution >= 0.6 is 34.8 Å². The molecule has 0 radical (unpaired) electrons. The van der Waals surface area contributed by atoms with Crippen molar-refractivity contribution in [2.24, 2.45) is 0 Å². The van der Waals surface area contributed by atoms with E-state index in [1.165, 1.54) is 4.90 Å². The third-order valence-electron chi connectivity index (χ3n) is 4.42. The normalized spacial score (nSPS) is 18.1. The number of carbonyl (C=O) groups is 3. The molecular weight excluding hydrogens is 495 g/mol. The molecule has 2 amide bonds. The Kier molecular flexibility index (Phi) is 11.1. The number of alkyl halides is 3. The van der Waals surface area contributed by atoms with Crippen molar-refractivity contribution in [3.63, 3.8) is 0 Å². The summed E-state index contributed by atoms with van der Waals surface area (Å²) in [6, 6.07) is 7.27. The number of benzene rings is 1. The summed E-state index contributed by atoms with van der Waals surface area (Å²) >= 11 is 17.0. The number of likely N-dealkylation sites (tertiary alicyclic amines) is 1. The van der Waals surface area contributed by atoms with Crippen LogP contribution in [0, 0.1) is 0 Å². The Morgan fingerprint density at radius 1 is 1.12 bits per heavy atom. The van der Waals surface area contributed by atoms with Crippen molar-refractivity contribution in [2.45, 2.75) is 69.1 Å². The molecule has 1 N–H and O–H groups in total. The predicted molar refractivity (Wildman–Crippen MR) is 128 cm³/mol. The van der Waals surface area contributed by atoms with E-state index in [9.17, 15) is 19.5 Å². The highest BCUT2D eigenvalue weighted by atomic mass is 35.6. The molecule has 0 saturated carbocycles. The second-order valence-corrected chi connectivity index (χ2v) is 10.7. The van der Waals surface area contributed by atoms with Gasteiger partial charge in [-0.1, -0.05) is 79.0 Å². The van der Waals surface area contributed by atoms with Crippen LogP contribution in [0.5, 0.6) is 0 Å². The number of rotatable bonds is 5. The first kappa shape index (κ1) is 29.1. The minimum absolute atomic E-state index is 0.00424. The Bertz CT molecular complexity index is 796. The molecule has 1 aliphatic heterocycles. The van der Waals surface area contributed by atoms with Gasteiger partial charge in [0.05, 0.1) is 6.04 Å². The number of nitrogens with zero attached hydrogens (tertiary/aromatic N) is 2. The van der Waals surface area contributed by atoms with Crippen molar-refractivity contribution in [3.8, 4) is 0 Å². The van der Waals surface area contributed by atoms with E-state index in [4.69, 9.17) is 44.3 Å². The largest absolute Gasteiger partial charge is 0.480 e. The zero-order valence-corrected chi connectivity index (χ0v) is 21.7. The van der Waals surface area contributed by atoms with E-state index in [1.807, 2.05) is 44.2 Å². The summed E-state index contributed by atoms with van der Waals surface area (Å²) in [5.41, 5.74) is -0.0124. The van der Waals surface area contributed by atoms with Gasteiger partial charge in [0, 0.05) is 19.5 Å². The van der Waals surface area contributed by atoms with Crippen LogP contribution in [0.2, 0.25) is 0 Å². The predicted octanol–water partition coefficient (Wildman–Crippen LogP) is 5.48. The lowest BCUT2D eigenvalue weighted by Gasteiger charge is -2.29. The number of aliphatic carboxylic acids is 1.